The number of hydrogen-bond donors (Lipinski definition) is 1. The fourth-order valence-corrected chi connectivity index (χ4v) is 1.58. The van der Waals surface area contributed by atoms with Gasteiger partial charge in [0.1, 0.15) is 0 Å². The quantitative estimate of drug-likeness (QED) is 0.564. The average Bonchev–Trinajstić information content (AvgIpc) is 2.19. The highest BCUT2D eigenvalue weighted by molar-refractivity contribution is 4.60. The van der Waals surface area contributed by atoms with Crippen molar-refractivity contribution in [3.8, 4) is 0 Å². The van der Waals surface area contributed by atoms with E-state index in [0.717, 1.165) is 13.2 Å². The van der Waals surface area contributed by atoms with Crippen molar-refractivity contribution < 1.29 is 4.74 Å². The molecule has 0 aromatic carbocycles. The van der Waals surface area contributed by atoms with Gasteiger partial charge in [-0.25, -0.2) is 0 Å². The average molecular weight is 215 g/mol. The van der Waals surface area contributed by atoms with Crippen molar-refractivity contribution >= 4 is 0 Å². The molecule has 0 aliphatic heterocycles. The molecule has 0 aromatic rings. The molecule has 0 rings (SSSR count). The van der Waals surface area contributed by atoms with E-state index in [1.165, 1.54) is 32.1 Å². The maximum absolute atomic E-state index is 5.47. The van der Waals surface area contributed by atoms with Crippen molar-refractivity contribution in [2.24, 2.45) is 0 Å². The van der Waals surface area contributed by atoms with Gasteiger partial charge in [0, 0.05) is 12.6 Å². The summed E-state index contributed by atoms with van der Waals surface area (Å²) in [5.74, 6) is 0. The lowest BCUT2D eigenvalue weighted by molar-refractivity contribution is 0.0794. The van der Waals surface area contributed by atoms with Gasteiger partial charge in [-0.05, 0) is 27.2 Å². The van der Waals surface area contributed by atoms with E-state index in [4.69, 9.17) is 4.74 Å². The molecule has 0 amide bonds. The molecule has 1 unspecified atom stereocenters. The van der Waals surface area contributed by atoms with E-state index in [9.17, 15) is 0 Å². The van der Waals surface area contributed by atoms with Crippen LogP contribution in [0.1, 0.15) is 59.8 Å². The molecule has 2 heteroatoms. The highest BCUT2D eigenvalue weighted by Gasteiger charge is 2.00. The molecule has 0 aliphatic carbocycles. The minimum absolute atomic E-state index is 0.353. The molecule has 0 aliphatic rings. The summed E-state index contributed by atoms with van der Waals surface area (Å²) in [7, 11) is 0. The first-order valence-corrected chi connectivity index (χ1v) is 6.51. The van der Waals surface area contributed by atoms with Crippen LogP contribution in [0.3, 0.4) is 0 Å². The monoisotopic (exact) mass is 215 g/mol. The van der Waals surface area contributed by atoms with E-state index in [1.807, 2.05) is 0 Å². The van der Waals surface area contributed by atoms with E-state index in [0.29, 0.717) is 12.1 Å². The smallest absolute Gasteiger partial charge is 0.0594 e. The second-order valence-corrected chi connectivity index (χ2v) is 4.62. The van der Waals surface area contributed by atoms with Gasteiger partial charge in [-0.2, -0.15) is 0 Å². The zero-order chi connectivity index (χ0) is 11.5. The van der Waals surface area contributed by atoms with Crippen LogP contribution in [0.15, 0.2) is 0 Å². The first-order chi connectivity index (χ1) is 7.16. The molecular weight excluding hydrogens is 186 g/mol. The van der Waals surface area contributed by atoms with Crippen LogP contribution < -0.4 is 5.32 Å². The molecule has 0 aromatic heterocycles. The van der Waals surface area contributed by atoms with Crippen molar-refractivity contribution in [1.29, 1.82) is 0 Å². The van der Waals surface area contributed by atoms with E-state index in [-0.39, 0.29) is 0 Å². The molecule has 2 nitrogen and oxygen atoms in total. The Morgan fingerprint density at radius 2 is 1.80 bits per heavy atom. The second kappa shape index (κ2) is 10.4. The summed E-state index contributed by atoms with van der Waals surface area (Å²) in [6, 6.07) is 0.637. The van der Waals surface area contributed by atoms with Gasteiger partial charge >= 0.3 is 0 Å². The van der Waals surface area contributed by atoms with Crippen LogP contribution in [0.25, 0.3) is 0 Å². The summed E-state index contributed by atoms with van der Waals surface area (Å²) in [6.07, 6.45) is 7.08. The van der Waals surface area contributed by atoms with Gasteiger partial charge in [-0.1, -0.05) is 32.6 Å². The standard InChI is InChI=1S/C13H29NO/c1-5-6-7-8-9-13(4)14-10-11-15-12(2)3/h12-14H,5-11H2,1-4H3. The lowest BCUT2D eigenvalue weighted by atomic mass is 10.1. The SMILES string of the molecule is CCCCCCC(C)NCCOC(C)C. The molecule has 1 N–H and O–H groups in total. The molecule has 0 saturated heterocycles. The summed E-state index contributed by atoms with van der Waals surface area (Å²) >= 11 is 0. The molecule has 0 bridgehead atoms. The van der Waals surface area contributed by atoms with Crippen LogP contribution in [0.4, 0.5) is 0 Å². The molecule has 15 heavy (non-hydrogen) atoms. The molecule has 0 radical (unpaired) electrons. The third kappa shape index (κ3) is 11.8. The van der Waals surface area contributed by atoms with E-state index >= 15 is 0 Å². The highest BCUT2D eigenvalue weighted by Crippen LogP contribution is 2.04. The molecule has 0 heterocycles. The van der Waals surface area contributed by atoms with Gasteiger partial charge in [-0.15, -0.1) is 0 Å². The molecule has 1 atom stereocenters. The predicted molar refractivity (Wildman–Crippen MR) is 67.3 cm³/mol. The summed E-state index contributed by atoms with van der Waals surface area (Å²) in [6.45, 7) is 10.5. The molecule has 0 spiro atoms. The zero-order valence-corrected chi connectivity index (χ0v) is 11.0. The Morgan fingerprint density at radius 3 is 2.40 bits per heavy atom. The van der Waals surface area contributed by atoms with Crippen molar-refractivity contribution in [1.82, 2.24) is 5.32 Å². The number of hydrogen-bond acceptors (Lipinski definition) is 2. The Morgan fingerprint density at radius 1 is 1.07 bits per heavy atom. The predicted octanol–water partition coefficient (Wildman–Crippen LogP) is 3.36. The first kappa shape index (κ1) is 14.9. The van der Waals surface area contributed by atoms with Crippen molar-refractivity contribution in [2.75, 3.05) is 13.2 Å². The van der Waals surface area contributed by atoms with E-state index in [2.05, 4.69) is 33.0 Å². The lowest BCUT2D eigenvalue weighted by Gasteiger charge is -2.14. The second-order valence-electron chi connectivity index (χ2n) is 4.62. The fraction of sp³-hybridized carbons (Fsp3) is 1.00. The minimum Gasteiger partial charge on any atom is -0.377 e. The van der Waals surface area contributed by atoms with Gasteiger partial charge in [0.05, 0.1) is 12.7 Å². The van der Waals surface area contributed by atoms with Gasteiger partial charge in [0.25, 0.3) is 0 Å². The maximum Gasteiger partial charge on any atom is 0.0594 e. The molecule has 92 valence electrons. The van der Waals surface area contributed by atoms with Crippen LogP contribution in [0.5, 0.6) is 0 Å². The van der Waals surface area contributed by atoms with Crippen LogP contribution in [0.2, 0.25) is 0 Å². The Kier molecular flexibility index (Phi) is 10.4. The van der Waals surface area contributed by atoms with Crippen LogP contribution in [-0.2, 0) is 4.74 Å². The van der Waals surface area contributed by atoms with Crippen LogP contribution in [0, 0.1) is 0 Å². The largest absolute Gasteiger partial charge is 0.377 e. The normalized spacial score (nSPS) is 13.4. The zero-order valence-electron chi connectivity index (χ0n) is 11.0. The number of ether oxygens (including phenoxy) is 1. The van der Waals surface area contributed by atoms with Gasteiger partial charge < -0.3 is 10.1 Å². The van der Waals surface area contributed by atoms with Crippen LogP contribution >= 0.6 is 0 Å². The summed E-state index contributed by atoms with van der Waals surface area (Å²) < 4.78 is 5.47. The number of unbranched alkanes of at least 4 members (excludes halogenated alkanes) is 3. The highest BCUT2D eigenvalue weighted by atomic mass is 16.5. The Bertz CT molecular complexity index is 126. The Hall–Kier alpha value is -0.0800. The lowest BCUT2D eigenvalue weighted by Crippen LogP contribution is -2.30. The Labute approximate surface area is 95.8 Å². The van der Waals surface area contributed by atoms with Crippen LogP contribution in [-0.4, -0.2) is 25.3 Å². The third-order valence-corrected chi connectivity index (χ3v) is 2.54. The van der Waals surface area contributed by atoms with E-state index in [1.54, 1.807) is 0 Å². The molecular formula is C13H29NO. The third-order valence-electron chi connectivity index (χ3n) is 2.54. The number of nitrogens with one attached hydrogen (secondary N) is 1. The molecule has 0 fully saturated rings. The maximum atomic E-state index is 5.47. The molecule has 0 saturated carbocycles. The first-order valence-electron chi connectivity index (χ1n) is 6.51. The van der Waals surface area contributed by atoms with Gasteiger partial charge in [0.2, 0.25) is 0 Å². The Balaban J connectivity index is 3.15. The number of rotatable bonds is 10. The van der Waals surface area contributed by atoms with Crippen molar-refractivity contribution in [3.63, 3.8) is 0 Å². The van der Waals surface area contributed by atoms with Gasteiger partial charge in [0.15, 0.2) is 0 Å². The summed E-state index contributed by atoms with van der Waals surface area (Å²) in [4.78, 5) is 0. The minimum atomic E-state index is 0.353. The van der Waals surface area contributed by atoms with Gasteiger partial charge in [-0.3, -0.25) is 0 Å². The van der Waals surface area contributed by atoms with E-state index < -0.39 is 0 Å². The summed E-state index contributed by atoms with van der Waals surface area (Å²) in [5.41, 5.74) is 0. The van der Waals surface area contributed by atoms with Crippen molar-refractivity contribution in [2.45, 2.75) is 71.9 Å². The topological polar surface area (TPSA) is 21.3 Å². The fourth-order valence-electron chi connectivity index (χ4n) is 1.58. The summed E-state index contributed by atoms with van der Waals surface area (Å²) in [5, 5.41) is 3.49. The van der Waals surface area contributed by atoms with Crippen molar-refractivity contribution in [3.05, 3.63) is 0 Å².